The van der Waals surface area contributed by atoms with Crippen molar-refractivity contribution < 1.29 is 18.9 Å². The molecule has 2 amide bonds. The molecule has 29 heavy (non-hydrogen) atoms. The van der Waals surface area contributed by atoms with Gasteiger partial charge in [-0.1, -0.05) is 37.3 Å². The monoisotopic (exact) mass is 399 g/mol. The van der Waals surface area contributed by atoms with Crippen molar-refractivity contribution >= 4 is 17.5 Å². The number of para-hydroxylation sites is 1. The minimum Gasteiger partial charge on any atom is -0.340 e. The Hall–Kier alpha value is -3.29. The lowest BCUT2D eigenvalue weighted by atomic mass is 9.83. The van der Waals surface area contributed by atoms with Crippen molar-refractivity contribution in [2.24, 2.45) is 0 Å². The van der Waals surface area contributed by atoms with E-state index in [2.05, 4.69) is 5.32 Å². The molecule has 1 heterocycles. The van der Waals surface area contributed by atoms with Gasteiger partial charge in [-0.25, -0.2) is 4.39 Å². The summed E-state index contributed by atoms with van der Waals surface area (Å²) in [5, 5.41) is 14.1. The number of carbonyl (C=O) groups is 2. The summed E-state index contributed by atoms with van der Waals surface area (Å²) in [6, 6.07) is 11.1. The molecule has 1 aliphatic rings. The first-order valence-corrected chi connectivity index (χ1v) is 9.33. The molecule has 8 heteroatoms. The third kappa shape index (κ3) is 3.96. The first-order valence-electron chi connectivity index (χ1n) is 9.33. The van der Waals surface area contributed by atoms with Gasteiger partial charge in [0.1, 0.15) is 17.4 Å². The van der Waals surface area contributed by atoms with Crippen molar-refractivity contribution in [3.05, 3.63) is 75.6 Å². The molecule has 1 saturated heterocycles. The topological polar surface area (TPSA) is 92.5 Å². The van der Waals surface area contributed by atoms with E-state index in [1.807, 2.05) is 0 Å². The predicted molar refractivity (Wildman–Crippen MR) is 105 cm³/mol. The zero-order chi connectivity index (χ0) is 21.2. The molecule has 2 aromatic carbocycles. The lowest BCUT2D eigenvalue weighted by molar-refractivity contribution is -0.385. The second kappa shape index (κ2) is 7.98. The molecule has 0 spiro atoms. The highest BCUT2D eigenvalue weighted by Gasteiger charge is 2.48. The maximum absolute atomic E-state index is 13.2. The first-order chi connectivity index (χ1) is 13.8. The Labute approximate surface area is 167 Å². The molecule has 2 aromatic rings. The number of rotatable bonds is 6. The van der Waals surface area contributed by atoms with Crippen molar-refractivity contribution in [1.29, 1.82) is 0 Å². The Morgan fingerprint density at radius 2 is 1.83 bits per heavy atom. The van der Waals surface area contributed by atoms with Crippen LogP contribution in [0.4, 0.5) is 10.1 Å². The Bertz CT molecular complexity index is 947. The molecule has 2 unspecified atom stereocenters. The Balaban J connectivity index is 1.86. The molecular formula is C21H22FN3O4. The van der Waals surface area contributed by atoms with Crippen LogP contribution in [0.2, 0.25) is 0 Å². The summed E-state index contributed by atoms with van der Waals surface area (Å²) < 4.78 is 13.2. The Morgan fingerprint density at radius 1 is 1.17 bits per heavy atom. The molecule has 7 nitrogen and oxygen atoms in total. The van der Waals surface area contributed by atoms with E-state index in [0.29, 0.717) is 12.0 Å². The van der Waals surface area contributed by atoms with Gasteiger partial charge in [0.15, 0.2) is 0 Å². The Morgan fingerprint density at radius 3 is 2.45 bits per heavy atom. The lowest BCUT2D eigenvalue weighted by Gasteiger charge is -2.44. The summed E-state index contributed by atoms with van der Waals surface area (Å²) in [4.78, 5) is 38.3. The highest BCUT2D eigenvalue weighted by atomic mass is 19.1. The van der Waals surface area contributed by atoms with Crippen LogP contribution < -0.4 is 5.32 Å². The highest BCUT2D eigenvalue weighted by molar-refractivity contribution is 6.00. The quantitative estimate of drug-likeness (QED) is 0.597. The van der Waals surface area contributed by atoms with E-state index in [4.69, 9.17) is 0 Å². The number of nitro benzene ring substituents is 1. The number of nitro groups is 1. The number of piperazine rings is 1. The molecule has 0 saturated carbocycles. The molecule has 152 valence electrons. The molecule has 0 bridgehead atoms. The van der Waals surface area contributed by atoms with E-state index in [-0.39, 0.29) is 36.2 Å². The molecule has 0 aliphatic carbocycles. The number of halogens is 1. The third-order valence-electron chi connectivity index (χ3n) is 5.49. The van der Waals surface area contributed by atoms with Gasteiger partial charge in [-0.2, -0.15) is 0 Å². The summed E-state index contributed by atoms with van der Waals surface area (Å²) in [5.74, 6) is -1.01. The number of likely N-dealkylation sites (N-methyl/N-ethyl adjacent to an activating group) is 1. The van der Waals surface area contributed by atoms with Crippen LogP contribution in [0.25, 0.3) is 0 Å². The smallest absolute Gasteiger partial charge is 0.272 e. The second-order valence-corrected chi connectivity index (χ2v) is 7.25. The van der Waals surface area contributed by atoms with Gasteiger partial charge >= 0.3 is 0 Å². The van der Waals surface area contributed by atoms with Crippen LogP contribution in [0.5, 0.6) is 0 Å². The fourth-order valence-corrected chi connectivity index (χ4v) is 3.76. The number of amides is 2. The van der Waals surface area contributed by atoms with Crippen LogP contribution in [0.15, 0.2) is 48.5 Å². The number of hydrogen-bond donors (Lipinski definition) is 1. The summed E-state index contributed by atoms with van der Waals surface area (Å²) in [6.45, 7) is 1.80. The minimum atomic E-state index is -1.14. The lowest BCUT2D eigenvalue weighted by Crippen LogP contribution is -2.70. The predicted octanol–water partition coefficient (Wildman–Crippen LogP) is 2.62. The molecule has 0 radical (unpaired) electrons. The second-order valence-electron chi connectivity index (χ2n) is 7.25. The SMILES string of the molecule is CCC1(Cc2ccc(F)cc2)NC(=O)C(Cc2ccccc2[N+](=O)[O-])N(C)C1=O. The molecule has 3 rings (SSSR count). The fraction of sp³-hybridized carbons (Fsp3) is 0.333. The fourth-order valence-electron chi connectivity index (χ4n) is 3.76. The molecule has 1 fully saturated rings. The van der Waals surface area contributed by atoms with Crippen LogP contribution in [-0.4, -0.2) is 40.3 Å². The van der Waals surface area contributed by atoms with Gasteiger partial charge in [-0.05, 0) is 24.1 Å². The zero-order valence-corrected chi connectivity index (χ0v) is 16.2. The number of carbonyl (C=O) groups excluding carboxylic acids is 2. The number of benzene rings is 2. The maximum atomic E-state index is 13.2. The summed E-state index contributed by atoms with van der Waals surface area (Å²) in [6.07, 6.45) is 0.635. The van der Waals surface area contributed by atoms with Crippen molar-refractivity contribution in [2.45, 2.75) is 37.8 Å². The van der Waals surface area contributed by atoms with Gasteiger partial charge in [0.25, 0.3) is 5.69 Å². The third-order valence-corrected chi connectivity index (χ3v) is 5.49. The van der Waals surface area contributed by atoms with E-state index in [0.717, 1.165) is 5.56 Å². The standard InChI is InChI=1S/C21H22FN3O4/c1-3-21(13-14-8-10-16(22)11-9-14)20(27)24(2)18(19(26)23-21)12-15-6-4-5-7-17(15)25(28)29/h4-11,18H,3,12-13H2,1-2H3,(H,23,26). The van der Waals surface area contributed by atoms with Crippen LogP contribution in [0.1, 0.15) is 24.5 Å². The molecule has 1 N–H and O–H groups in total. The van der Waals surface area contributed by atoms with Crippen LogP contribution in [0, 0.1) is 15.9 Å². The summed E-state index contributed by atoms with van der Waals surface area (Å²) in [7, 11) is 1.54. The zero-order valence-electron chi connectivity index (χ0n) is 16.2. The van der Waals surface area contributed by atoms with Gasteiger partial charge in [0.05, 0.1) is 4.92 Å². The van der Waals surface area contributed by atoms with Gasteiger partial charge < -0.3 is 10.2 Å². The van der Waals surface area contributed by atoms with Gasteiger partial charge in [-0.15, -0.1) is 0 Å². The van der Waals surface area contributed by atoms with E-state index < -0.39 is 16.5 Å². The van der Waals surface area contributed by atoms with Crippen molar-refractivity contribution in [1.82, 2.24) is 10.2 Å². The average Bonchev–Trinajstić information content (AvgIpc) is 2.71. The van der Waals surface area contributed by atoms with Crippen molar-refractivity contribution in [3.8, 4) is 0 Å². The summed E-state index contributed by atoms with van der Waals surface area (Å²) in [5.41, 5.74) is -0.102. The van der Waals surface area contributed by atoms with Crippen LogP contribution in [-0.2, 0) is 22.4 Å². The van der Waals surface area contributed by atoms with E-state index in [1.165, 1.54) is 30.1 Å². The normalized spacial score (nSPS) is 21.8. The van der Waals surface area contributed by atoms with Crippen molar-refractivity contribution in [2.75, 3.05) is 7.05 Å². The molecule has 2 atom stereocenters. The number of hydrogen-bond acceptors (Lipinski definition) is 4. The maximum Gasteiger partial charge on any atom is 0.272 e. The molecule has 1 aliphatic heterocycles. The van der Waals surface area contributed by atoms with Crippen molar-refractivity contribution in [3.63, 3.8) is 0 Å². The highest BCUT2D eigenvalue weighted by Crippen LogP contribution is 2.28. The first kappa shape index (κ1) is 20.4. The van der Waals surface area contributed by atoms with Gasteiger partial charge in [0.2, 0.25) is 11.8 Å². The minimum absolute atomic E-state index is 0.0432. The summed E-state index contributed by atoms with van der Waals surface area (Å²) >= 11 is 0. The van der Waals surface area contributed by atoms with E-state index in [9.17, 15) is 24.1 Å². The van der Waals surface area contributed by atoms with Crippen LogP contribution >= 0.6 is 0 Å². The van der Waals surface area contributed by atoms with Crippen LogP contribution in [0.3, 0.4) is 0 Å². The van der Waals surface area contributed by atoms with Gasteiger partial charge in [-0.3, -0.25) is 19.7 Å². The van der Waals surface area contributed by atoms with Gasteiger partial charge in [0, 0.05) is 31.5 Å². The van der Waals surface area contributed by atoms with E-state index >= 15 is 0 Å². The Kier molecular flexibility index (Phi) is 5.63. The average molecular weight is 399 g/mol. The molecular weight excluding hydrogens is 377 g/mol. The molecule has 0 aromatic heterocycles. The van der Waals surface area contributed by atoms with E-state index in [1.54, 1.807) is 37.3 Å². The number of nitrogens with one attached hydrogen (secondary N) is 1. The largest absolute Gasteiger partial charge is 0.340 e. The number of nitrogens with zero attached hydrogens (tertiary/aromatic N) is 2.